The average molecular weight is 407 g/mol. The van der Waals surface area contributed by atoms with Crippen molar-refractivity contribution < 1.29 is 14.4 Å². The van der Waals surface area contributed by atoms with E-state index in [-0.39, 0.29) is 17.5 Å². The fraction of sp³-hybridized carbons (Fsp3) is 0. The molecule has 0 saturated carbocycles. The first-order valence-electron chi connectivity index (χ1n) is 6.31. The molecule has 2 N–H and O–H groups in total. The van der Waals surface area contributed by atoms with E-state index in [1.807, 2.05) is 12.1 Å². The van der Waals surface area contributed by atoms with Crippen LogP contribution in [0, 0.1) is 3.57 Å². The maximum absolute atomic E-state index is 12.0. The number of aromatic hydroxyl groups is 1. The zero-order chi connectivity index (χ0) is 15.5. The first-order valence-corrected chi connectivity index (χ1v) is 7.39. The van der Waals surface area contributed by atoms with Crippen LogP contribution in [0.3, 0.4) is 0 Å². The number of carbonyl (C=O) groups is 1. The van der Waals surface area contributed by atoms with Crippen molar-refractivity contribution in [2.24, 2.45) is 0 Å². The predicted octanol–water partition coefficient (Wildman–Crippen LogP) is 3.30. The molecule has 3 aromatic rings. The van der Waals surface area contributed by atoms with Crippen LogP contribution in [0.1, 0.15) is 10.4 Å². The van der Waals surface area contributed by atoms with Crippen LogP contribution in [0.5, 0.6) is 5.75 Å². The van der Waals surface area contributed by atoms with Crippen LogP contribution >= 0.6 is 22.6 Å². The third-order valence-electron chi connectivity index (χ3n) is 2.87. The third-order valence-corrected chi connectivity index (χ3v) is 3.50. The largest absolute Gasteiger partial charge is 0.508 e. The topological polar surface area (TPSA) is 88.3 Å². The number of nitrogens with zero attached hydrogens (tertiary/aromatic N) is 2. The smallest absolute Gasteiger partial charge is 0.258 e. The van der Waals surface area contributed by atoms with Gasteiger partial charge in [-0.05, 0) is 59.0 Å². The molecule has 0 aliphatic carbocycles. The summed E-state index contributed by atoms with van der Waals surface area (Å²) >= 11 is 2.16. The van der Waals surface area contributed by atoms with Gasteiger partial charge in [-0.2, -0.15) is 0 Å². The molecule has 2 heterocycles. The van der Waals surface area contributed by atoms with E-state index in [1.165, 1.54) is 24.3 Å². The van der Waals surface area contributed by atoms with Gasteiger partial charge in [0.05, 0.1) is 5.69 Å². The lowest BCUT2D eigenvalue weighted by molar-refractivity contribution is 0.102. The minimum Gasteiger partial charge on any atom is -0.508 e. The van der Waals surface area contributed by atoms with Gasteiger partial charge in [0.1, 0.15) is 11.4 Å². The van der Waals surface area contributed by atoms with E-state index in [0.29, 0.717) is 17.0 Å². The second kappa shape index (κ2) is 6.14. The van der Waals surface area contributed by atoms with Crippen LogP contribution in [-0.2, 0) is 0 Å². The van der Waals surface area contributed by atoms with Crippen molar-refractivity contribution in [2.45, 2.75) is 0 Å². The van der Waals surface area contributed by atoms with E-state index < -0.39 is 0 Å². The van der Waals surface area contributed by atoms with Crippen molar-refractivity contribution >= 4 is 34.4 Å². The molecule has 22 heavy (non-hydrogen) atoms. The van der Waals surface area contributed by atoms with Crippen LogP contribution in [0.15, 0.2) is 53.2 Å². The van der Waals surface area contributed by atoms with Crippen LogP contribution in [0.2, 0.25) is 0 Å². The molecule has 0 saturated heterocycles. The number of phenols is 1. The number of nitrogens with one attached hydrogen (secondary N) is 1. The zero-order valence-corrected chi connectivity index (χ0v) is 13.3. The molecule has 0 atom stereocenters. The number of aromatic nitrogens is 2. The van der Waals surface area contributed by atoms with Gasteiger partial charge in [-0.15, -0.1) is 0 Å². The normalized spacial score (nSPS) is 10.4. The molecule has 2 aromatic heterocycles. The van der Waals surface area contributed by atoms with Crippen LogP contribution in [0.25, 0.3) is 11.4 Å². The quantitative estimate of drug-likeness (QED) is 0.651. The van der Waals surface area contributed by atoms with Gasteiger partial charge >= 0.3 is 0 Å². The van der Waals surface area contributed by atoms with E-state index in [9.17, 15) is 9.90 Å². The summed E-state index contributed by atoms with van der Waals surface area (Å²) in [6.45, 7) is 0. The Kier molecular flexibility index (Phi) is 4.05. The molecule has 0 spiro atoms. The Bertz CT molecular complexity index is 798. The van der Waals surface area contributed by atoms with Gasteiger partial charge in [-0.1, -0.05) is 5.16 Å². The van der Waals surface area contributed by atoms with Gasteiger partial charge in [-0.25, -0.2) is 0 Å². The molecule has 110 valence electrons. The number of hydrogen-bond donors (Lipinski definition) is 2. The Morgan fingerprint density at radius 2 is 1.91 bits per heavy atom. The van der Waals surface area contributed by atoms with Crippen molar-refractivity contribution in [1.29, 1.82) is 0 Å². The van der Waals surface area contributed by atoms with E-state index in [4.69, 9.17) is 4.52 Å². The van der Waals surface area contributed by atoms with Crippen LogP contribution in [-0.4, -0.2) is 21.2 Å². The highest BCUT2D eigenvalue weighted by Crippen LogP contribution is 2.21. The first kappa shape index (κ1) is 14.5. The van der Waals surface area contributed by atoms with Gasteiger partial charge in [0, 0.05) is 21.4 Å². The molecule has 0 bridgehead atoms. The van der Waals surface area contributed by atoms with Gasteiger partial charge in [0.15, 0.2) is 0 Å². The molecule has 0 fully saturated rings. The minimum absolute atomic E-state index is 0.100. The summed E-state index contributed by atoms with van der Waals surface area (Å²) in [6.07, 6.45) is 1.72. The maximum atomic E-state index is 12.0. The molecule has 0 unspecified atom stereocenters. The third kappa shape index (κ3) is 3.25. The number of amides is 1. The molecule has 1 amide bonds. The monoisotopic (exact) mass is 407 g/mol. The Labute approximate surface area is 139 Å². The molecule has 3 rings (SSSR count). The summed E-state index contributed by atoms with van der Waals surface area (Å²) in [5, 5.41) is 15.7. The Hall–Kier alpha value is -2.42. The molecular formula is C15H10IN3O3. The van der Waals surface area contributed by atoms with Crippen molar-refractivity contribution in [1.82, 2.24) is 10.1 Å². The minimum atomic E-state index is -0.349. The SMILES string of the molecule is O=C(Nc1cc(-c2ccc(I)cn2)no1)c1ccc(O)cc1. The fourth-order valence-electron chi connectivity index (χ4n) is 1.78. The molecule has 0 radical (unpaired) electrons. The molecule has 0 aliphatic rings. The zero-order valence-electron chi connectivity index (χ0n) is 11.2. The summed E-state index contributed by atoms with van der Waals surface area (Å²) in [6, 6.07) is 11.3. The van der Waals surface area contributed by atoms with Crippen molar-refractivity contribution in [3.05, 3.63) is 57.8 Å². The van der Waals surface area contributed by atoms with Gasteiger partial charge in [-0.3, -0.25) is 15.1 Å². The fourth-order valence-corrected chi connectivity index (χ4v) is 2.10. The Morgan fingerprint density at radius 1 is 1.14 bits per heavy atom. The molecule has 1 aromatic carbocycles. The summed E-state index contributed by atoms with van der Waals surface area (Å²) in [5.74, 6) is -0.0185. The molecular weight excluding hydrogens is 397 g/mol. The molecule has 7 heteroatoms. The number of pyridine rings is 1. The Morgan fingerprint density at radius 3 is 2.59 bits per heavy atom. The summed E-state index contributed by atoms with van der Waals surface area (Å²) in [7, 11) is 0. The number of halogens is 1. The summed E-state index contributed by atoms with van der Waals surface area (Å²) in [5.41, 5.74) is 1.61. The number of phenolic OH excluding ortho intramolecular Hbond substituents is 1. The van der Waals surface area contributed by atoms with Gasteiger partial charge < -0.3 is 9.63 Å². The number of anilines is 1. The second-order valence-electron chi connectivity index (χ2n) is 4.44. The standard InChI is InChI=1S/C15H10IN3O3/c16-10-3-6-12(17-8-10)13-7-14(22-19-13)18-15(21)9-1-4-11(20)5-2-9/h1-8,20H,(H,18,21). The van der Waals surface area contributed by atoms with E-state index in [1.54, 1.807) is 12.3 Å². The van der Waals surface area contributed by atoms with Gasteiger partial charge in [0.2, 0.25) is 5.88 Å². The van der Waals surface area contributed by atoms with Gasteiger partial charge in [0.25, 0.3) is 5.91 Å². The van der Waals surface area contributed by atoms with Crippen molar-refractivity contribution in [3.8, 4) is 17.1 Å². The van der Waals surface area contributed by atoms with Crippen LogP contribution in [0.4, 0.5) is 5.88 Å². The lowest BCUT2D eigenvalue weighted by Crippen LogP contribution is -2.10. The lowest BCUT2D eigenvalue weighted by Gasteiger charge is -2.00. The first-order chi connectivity index (χ1) is 10.6. The highest BCUT2D eigenvalue weighted by atomic mass is 127. The molecule has 0 aliphatic heterocycles. The number of carbonyl (C=O) groups excluding carboxylic acids is 1. The Balaban J connectivity index is 1.75. The predicted molar refractivity (Wildman–Crippen MR) is 88.5 cm³/mol. The van der Waals surface area contributed by atoms with Crippen LogP contribution < -0.4 is 5.32 Å². The molecule has 6 nitrogen and oxygen atoms in total. The van der Waals surface area contributed by atoms with Crippen molar-refractivity contribution in [2.75, 3.05) is 5.32 Å². The maximum Gasteiger partial charge on any atom is 0.258 e. The van der Waals surface area contributed by atoms with E-state index in [0.717, 1.165) is 3.57 Å². The summed E-state index contributed by atoms with van der Waals surface area (Å²) in [4.78, 5) is 16.3. The average Bonchev–Trinajstić information content (AvgIpc) is 2.97. The second-order valence-corrected chi connectivity index (χ2v) is 5.68. The van der Waals surface area contributed by atoms with E-state index >= 15 is 0 Å². The number of benzene rings is 1. The number of rotatable bonds is 3. The highest BCUT2D eigenvalue weighted by molar-refractivity contribution is 14.1. The summed E-state index contributed by atoms with van der Waals surface area (Å²) < 4.78 is 6.11. The number of hydrogen-bond acceptors (Lipinski definition) is 5. The van der Waals surface area contributed by atoms with E-state index in [2.05, 4.69) is 38.0 Å². The highest BCUT2D eigenvalue weighted by Gasteiger charge is 2.12. The lowest BCUT2D eigenvalue weighted by atomic mass is 10.2. The van der Waals surface area contributed by atoms with Crippen molar-refractivity contribution in [3.63, 3.8) is 0 Å².